The van der Waals surface area contributed by atoms with Crippen LogP contribution in [0.25, 0.3) is 0 Å². The Balaban J connectivity index is 2.15. The van der Waals surface area contributed by atoms with Gasteiger partial charge in [-0.1, -0.05) is 23.1 Å². The van der Waals surface area contributed by atoms with Crippen molar-refractivity contribution in [1.82, 2.24) is 10.2 Å². The van der Waals surface area contributed by atoms with Gasteiger partial charge in [-0.25, -0.2) is 0 Å². The van der Waals surface area contributed by atoms with Crippen LogP contribution in [0.4, 0.5) is 0 Å². The zero-order chi connectivity index (χ0) is 10.9. The van der Waals surface area contributed by atoms with Crippen LogP contribution in [-0.2, 0) is 9.47 Å². The lowest BCUT2D eigenvalue weighted by Gasteiger charge is -2.15. The topological polar surface area (TPSA) is 44.2 Å². The molecule has 1 aromatic heterocycles. The predicted octanol–water partition coefficient (Wildman–Crippen LogP) is 2.42. The van der Waals surface area contributed by atoms with Gasteiger partial charge in [-0.3, -0.25) is 0 Å². The average molecular weight is 248 g/mol. The standard InChI is InChI=1S/C9H16N2O2S2/c1-3-12-8(13-4-2)5-6-14-9-11-10-7-15-9/h7-8H,3-6H2,1-2H3. The minimum Gasteiger partial charge on any atom is -0.353 e. The average Bonchev–Trinajstić information content (AvgIpc) is 2.71. The minimum atomic E-state index is -0.0829. The summed E-state index contributed by atoms with van der Waals surface area (Å²) in [5.74, 6) is 0.944. The van der Waals surface area contributed by atoms with Crippen LogP contribution in [0.1, 0.15) is 20.3 Å². The summed E-state index contributed by atoms with van der Waals surface area (Å²) >= 11 is 3.25. The molecule has 1 rings (SSSR count). The van der Waals surface area contributed by atoms with Crippen molar-refractivity contribution in [3.05, 3.63) is 5.51 Å². The number of hydrogen-bond donors (Lipinski definition) is 0. The van der Waals surface area contributed by atoms with Crippen LogP contribution in [0, 0.1) is 0 Å². The van der Waals surface area contributed by atoms with E-state index in [1.165, 1.54) is 0 Å². The summed E-state index contributed by atoms with van der Waals surface area (Å²) in [4.78, 5) is 0. The molecule has 0 aliphatic rings. The molecule has 0 N–H and O–H groups in total. The minimum absolute atomic E-state index is 0.0829. The molecule has 1 aromatic rings. The SMILES string of the molecule is CCOC(CCSc1nncs1)OCC. The molecule has 0 fully saturated rings. The zero-order valence-corrected chi connectivity index (χ0v) is 10.6. The molecule has 0 atom stereocenters. The summed E-state index contributed by atoms with van der Waals surface area (Å²) in [6.07, 6.45) is 0.798. The van der Waals surface area contributed by atoms with Gasteiger partial charge < -0.3 is 9.47 Å². The normalized spacial score (nSPS) is 11.1. The van der Waals surface area contributed by atoms with E-state index in [1.54, 1.807) is 28.6 Å². The van der Waals surface area contributed by atoms with Crippen molar-refractivity contribution in [1.29, 1.82) is 0 Å². The Morgan fingerprint density at radius 3 is 2.67 bits per heavy atom. The molecule has 0 bridgehead atoms. The van der Waals surface area contributed by atoms with Crippen LogP contribution < -0.4 is 0 Å². The van der Waals surface area contributed by atoms with Gasteiger partial charge in [0.05, 0.1) is 0 Å². The van der Waals surface area contributed by atoms with Crippen molar-refractivity contribution in [3.8, 4) is 0 Å². The summed E-state index contributed by atoms with van der Waals surface area (Å²) in [6, 6.07) is 0. The number of rotatable bonds is 8. The van der Waals surface area contributed by atoms with Crippen molar-refractivity contribution in [3.63, 3.8) is 0 Å². The summed E-state index contributed by atoms with van der Waals surface area (Å²) < 4.78 is 11.9. The first-order chi connectivity index (χ1) is 7.36. The van der Waals surface area contributed by atoms with E-state index in [0.717, 1.165) is 16.5 Å². The fourth-order valence-corrected chi connectivity index (χ4v) is 2.57. The summed E-state index contributed by atoms with van der Waals surface area (Å²) in [6.45, 7) is 5.33. The fraction of sp³-hybridized carbons (Fsp3) is 0.778. The molecule has 0 spiro atoms. The molecule has 0 unspecified atom stereocenters. The highest BCUT2D eigenvalue weighted by Gasteiger charge is 2.08. The van der Waals surface area contributed by atoms with E-state index in [-0.39, 0.29) is 6.29 Å². The molecule has 86 valence electrons. The molecular formula is C9H16N2O2S2. The first-order valence-corrected chi connectivity index (χ1v) is 6.85. The van der Waals surface area contributed by atoms with Crippen molar-refractivity contribution in [2.75, 3.05) is 19.0 Å². The third-order valence-electron chi connectivity index (χ3n) is 1.62. The molecule has 15 heavy (non-hydrogen) atoms. The van der Waals surface area contributed by atoms with Crippen molar-refractivity contribution >= 4 is 23.1 Å². The second-order valence-corrected chi connectivity index (χ2v) is 4.86. The van der Waals surface area contributed by atoms with Gasteiger partial charge in [0.1, 0.15) is 5.51 Å². The van der Waals surface area contributed by atoms with Crippen molar-refractivity contribution in [2.45, 2.75) is 30.9 Å². The van der Waals surface area contributed by atoms with E-state index in [9.17, 15) is 0 Å². The number of ether oxygens (including phenoxy) is 2. The summed E-state index contributed by atoms with van der Waals surface area (Å²) in [5.41, 5.74) is 1.74. The van der Waals surface area contributed by atoms with Crippen molar-refractivity contribution in [2.24, 2.45) is 0 Å². The number of aromatic nitrogens is 2. The molecule has 0 saturated heterocycles. The molecule has 4 nitrogen and oxygen atoms in total. The molecule has 0 amide bonds. The maximum atomic E-state index is 5.43. The van der Waals surface area contributed by atoms with E-state index in [2.05, 4.69) is 10.2 Å². The molecule has 0 aromatic carbocycles. The van der Waals surface area contributed by atoms with Crippen molar-refractivity contribution < 1.29 is 9.47 Å². The first kappa shape index (κ1) is 12.9. The Kier molecular flexibility index (Phi) is 6.91. The van der Waals surface area contributed by atoms with Gasteiger partial charge in [0.2, 0.25) is 0 Å². The monoisotopic (exact) mass is 248 g/mol. The molecule has 0 aliphatic carbocycles. The number of thioether (sulfide) groups is 1. The highest BCUT2D eigenvalue weighted by atomic mass is 32.2. The lowest BCUT2D eigenvalue weighted by molar-refractivity contribution is -0.136. The highest BCUT2D eigenvalue weighted by molar-refractivity contribution is 8.00. The Morgan fingerprint density at radius 2 is 2.13 bits per heavy atom. The molecule has 6 heteroatoms. The van der Waals surface area contributed by atoms with Gasteiger partial charge in [0.15, 0.2) is 10.6 Å². The summed E-state index contributed by atoms with van der Waals surface area (Å²) in [5, 5.41) is 7.73. The Morgan fingerprint density at radius 1 is 1.40 bits per heavy atom. The van der Waals surface area contributed by atoms with Gasteiger partial charge >= 0.3 is 0 Å². The van der Waals surface area contributed by atoms with Gasteiger partial charge in [0.25, 0.3) is 0 Å². The zero-order valence-electron chi connectivity index (χ0n) is 9.01. The number of nitrogens with zero attached hydrogens (tertiary/aromatic N) is 2. The third-order valence-corrected chi connectivity index (χ3v) is 3.52. The predicted molar refractivity (Wildman–Crippen MR) is 62.3 cm³/mol. The van der Waals surface area contributed by atoms with Crippen LogP contribution in [0.15, 0.2) is 9.85 Å². The highest BCUT2D eigenvalue weighted by Crippen LogP contribution is 2.20. The molecule has 0 radical (unpaired) electrons. The quantitative estimate of drug-likeness (QED) is 0.522. The van der Waals surface area contributed by atoms with Gasteiger partial charge in [0, 0.05) is 25.4 Å². The van der Waals surface area contributed by atoms with E-state index in [4.69, 9.17) is 9.47 Å². The maximum absolute atomic E-state index is 5.43. The third kappa shape index (κ3) is 5.46. The first-order valence-electron chi connectivity index (χ1n) is 4.99. The maximum Gasteiger partial charge on any atom is 0.174 e. The molecular weight excluding hydrogens is 232 g/mol. The smallest absolute Gasteiger partial charge is 0.174 e. The lowest BCUT2D eigenvalue weighted by atomic mass is 10.5. The van der Waals surface area contributed by atoms with E-state index in [1.807, 2.05) is 13.8 Å². The van der Waals surface area contributed by atoms with Gasteiger partial charge in [-0.2, -0.15) is 0 Å². The lowest BCUT2D eigenvalue weighted by Crippen LogP contribution is -2.18. The fourth-order valence-electron chi connectivity index (χ4n) is 1.05. The second-order valence-electron chi connectivity index (χ2n) is 2.68. The largest absolute Gasteiger partial charge is 0.353 e. The van der Waals surface area contributed by atoms with E-state index in [0.29, 0.717) is 13.2 Å². The second kappa shape index (κ2) is 8.04. The molecule has 1 heterocycles. The van der Waals surface area contributed by atoms with Crippen LogP contribution in [-0.4, -0.2) is 35.5 Å². The summed E-state index contributed by atoms with van der Waals surface area (Å²) in [7, 11) is 0. The Labute approximate surface area is 98.4 Å². The van der Waals surface area contributed by atoms with E-state index >= 15 is 0 Å². The Hall–Kier alpha value is -0.170. The number of hydrogen-bond acceptors (Lipinski definition) is 6. The van der Waals surface area contributed by atoms with Crippen LogP contribution in [0.2, 0.25) is 0 Å². The van der Waals surface area contributed by atoms with Crippen LogP contribution in [0.3, 0.4) is 0 Å². The van der Waals surface area contributed by atoms with Gasteiger partial charge in [-0.15, -0.1) is 10.2 Å². The van der Waals surface area contributed by atoms with E-state index < -0.39 is 0 Å². The van der Waals surface area contributed by atoms with Crippen LogP contribution in [0.5, 0.6) is 0 Å². The molecule has 0 saturated carbocycles. The Bertz CT molecular complexity index is 238. The van der Waals surface area contributed by atoms with Crippen LogP contribution >= 0.6 is 23.1 Å². The van der Waals surface area contributed by atoms with Gasteiger partial charge in [-0.05, 0) is 13.8 Å². The molecule has 0 aliphatic heterocycles.